The number of hydrogen-bond acceptors (Lipinski definition) is 1. The van der Waals surface area contributed by atoms with Gasteiger partial charge in [0.2, 0.25) is 5.91 Å². The Labute approximate surface area is 97.8 Å². The Kier molecular flexibility index (Phi) is 5.44. The number of halogens is 1. The third-order valence-electron chi connectivity index (χ3n) is 3.34. The summed E-state index contributed by atoms with van der Waals surface area (Å²) in [6, 6.07) is 0.275. The van der Waals surface area contributed by atoms with Crippen molar-refractivity contribution >= 4 is 17.5 Å². The predicted octanol–water partition coefficient (Wildman–Crippen LogP) is 3.09. The molecular formula is C12H22ClNO. The molecule has 1 aliphatic rings. The molecule has 1 fully saturated rings. The van der Waals surface area contributed by atoms with E-state index >= 15 is 0 Å². The maximum Gasteiger partial charge on any atom is 0.237 e. The van der Waals surface area contributed by atoms with Crippen molar-refractivity contribution in [3.63, 3.8) is 0 Å². The quantitative estimate of drug-likeness (QED) is 0.587. The average molecular weight is 232 g/mol. The fourth-order valence-corrected chi connectivity index (χ4v) is 2.33. The molecule has 3 heteroatoms. The Morgan fingerprint density at radius 1 is 1.20 bits per heavy atom. The molecule has 0 bridgehead atoms. The normalized spacial score (nSPS) is 22.9. The van der Waals surface area contributed by atoms with Gasteiger partial charge < -0.3 is 5.32 Å². The van der Waals surface area contributed by atoms with Crippen molar-refractivity contribution < 1.29 is 4.79 Å². The summed E-state index contributed by atoms with van der Waals surface area (Å²) in [6.45, 7) is 3.82. The Balaban J connectivity index is 2.37. The van der Waals surface area contributed by atoms with Crippen LogP contribution in [0.1, 0.15) is 52.4 Å². The van der Waals surface area contributed by atoms with Gasteiger partial charge in [0.25, 0.3) is 0 Å². The molecule has 15 heavy (non-hydrogen) atoms. The van der Waals surface area contributed by atoms with Gasteiger partial charge >= 0.3 is 0 Å². The van der Waals surface area contributed by atoms with Crippen molar-refractivity contribution in [2.45, 2.75) is 63.8 Å². The van der Waals surface area contributed by atoms with Gasteiger partial charge in [-0.2, -0.15) is 0 Å². The molecule has 0 heterocycles. The minimum atomic E-state index is -0.418. The van der Waals surface area contributed by atoms with E-state index in [0.29, 0.717) is 5.92 Å². The van der Waals surface area contributed by atoms with Gasteiger partial charge in [-0.05, 0) is 32.6 Å². The van der Waals surface area contributed by atoms with Crippen LogP contribution in [-0.4, -0.2) is 17.3 Å². The van der Waals surface area contributed by atoms with Gasteiger partial charge in [0.05, 0.1) is 0 Å². The molecule has 0 aromatic rings. The number of hydrogen-bond donors (Lipinski definition) is 1. The van der Waals surface area contributed by atoms with Crippen LogP contribution in [0.5, 0.6) is 0 Å². The zero-order chi connectivity index (χ0) is 11.3. The topological polar surface area (TPSA) is 29.1 Å². The second-order valence-electron chi connectivity index (χ2n) is 4.66. The molecule has 1 rings (SSSR count). The maximum atomic E-state index is 11.4. The number of carbonyl (C=O) groups excluding carboxylic acids is 1. The molecule has 0 spiro atoms. The second-order valence-corrected chi connectivity index (χ2v) is 5.32. The Bertz CT molecular complexity index is 198. The maximum absolute atomic E-state index is 11.4. The second kappa shape index (κ2) is 6.37. The average Bonchev–Trinajstić information content (AvgIpc) is 2.45. The monoisotopic (exact) mass is 231 g/mol. The summed E-state index contributed by atoms with van der Waals surface area (Å²) in [5.41, 5.74) is 0. The minimum Gasteiger partial charge on any atom is -0.352 e. The molecule has 1 saturated carbocycles. The van der Waals surface area contributed by atoms with Crippen molar-refractivity contribution in [3.8, 4) is 0 Å². The Morgan fingerprint density at radius 3 is 2.20 bits per heavy atom. The molecule has 1 unspecified atom stereocenters. The van der Waals surface area contributed by atoms with E-state index in [0.717, 1.165) is 0 Å². The lowest BCUT2D eigenvalue weighted by Crippen LogP contribution is -2.41. The Hall–Kier alpha value is -0.240. The third kappa shape index (κ3) is 4.42. The predicted molar refractivity (Wildman–Crippen MR) is 64.1 cm³/mol. The summed E-state index contributed by atoms with van der Waals surface area (Å²) in [5, 5.41) is 2.59. The highest BCUT2D eigenvalue weighted by molar-refractivity contribution is 6.30. The van der Waals surface area contributed by atoms with Crippen molar-refractivity contribution in [3.05, 3.63) is 0 Å². The molecule has 0 radical (unpaired) electrons. The van der Waals surface area contributed by atoms with Crippen LogP contribution in [0.4, 0.5) is 0 Å². The van der Waals surface area contributed by atoms with Crippen molar-refractivity contribution in [1.29, 1.82) is 0 Å². The van der Waals surface area contributed by atoms with Crippen LogP contribution >= 0.6 is 11.6 Å². The fourth-order valence-electron chi connectivity index (χ4n) is 2.27. The smallest absolute Gasteiger partial charge is 0.237 e. The first kappa shape index (κ1) is 12.8. The standard InChI is InChI=1S/C12H22ClNO/c1-9(13)12(15)14-10(2)11-7-5-3-4-6-8-11/h9-11H,3-8H2,1-2H3,(H,14,15)/t9?,10-/m0/s1. The number of carbonyl (C=O) groups is 1. The lowest BCUT2D eigenvalue weighted by Gasteiger charge is -2.24. The van der Waals surface area contributed by atoms with Crippen molar-refractivity contribution in [2.24, 2.45) is 5.92 Å². The zero-order valence-corrected chi connectivity index (χ0v) is 10.5. The summed E-state index contributed by atoms with van der Waals surface area (Å²) >= 11 is 5.73. The van der Waals surface area contributed by atoms with E-state index in [1.807, 2.05) is 0 Å². The van der Waals surface area contributed by atoms with Crippen molar-refractivity contribution in [1.82, 2.24) is 5.32 Å². The highest BCUT2D eigenvalue weighted by atomic mass is 35.5. The minimum absolute atomic E-state index is 0.0339. The lowest BCUT2D eigenvalue weighted by atomic mass is 9.93. The molecule has 2 atom stereocenters. The van der Waals surface area contributed by atoms with Crippen LogP contribution in [0.3, 0.4) is 0 Å². The van der Waals surface area contributed by atoms with E-state index in [9.17, 15) is 4.79 Å². The molecule has 88 valence electrons. The zero-order valence-electron chi connectivity index (χ0n) is 9.76. The first-order valence-corrected chi connectivity index (χ1v) is 6.49. The molecule has 2 nitrogen and oxygen atoms in total. The van der Waals surface area contributed by atoms with E-state index in [1.165, 1.54) is 38.5 Å². The van der Waals surface area contributed by atoms with E-state index in [2.05, 4.69) is 12.2 Å². The summed E-state index contributed by atoms with van der Waals surface area (Å²) in [4.78, 5) is 11.4. The van der Waals surface area contributed by atoms with Crippen LogP contribution in [-0.2, 0) is 4.79 Å². The number of nitrogens with one attached hydrogen (secondary N) is 1. The summed E-state index contributed by atoms with van der Waals surface area (Å²) < 4.78 is 0. The van der Waals surface area contributed by atoms with Gasteiger partial charge in [-0.15, -0.1) is 11.6 Å². The lowest BCUT2D eigenvalue weighted by molar-refractivity contribution is -0.121. The van der Waals surface area contributed by atoms with Gasteiger partial charge in [0.15, 0.2) is 0 Å². The molecule has 1 aliphatic carbocycles. The van der Waals surface area contributed by atoms with Gasteiger partial charge in [-0.25, -0.2) is 0 Å². The van der Waals surface area contributed by atoms with E-state index in [4.69, 9.17) is 11.6 Å². The molecule has 0 aromatic heterocycles. The van der Waals surface area contributed by atoms with E-state index < -0.39 is 5.38 Å². The van der Waals surface area contributed by atoms with Gasteiger partial charge in [-0.3, -0.25) is 4.79 Å². The highest BCUT2D eigenvalue weighted by Gasteiger charge is 2.21. The third-order valence-corrected chi connectivity index (χ3v) is 3.54. The molecule has 1 N–H and O–H groups in total. The van der Waals surface area contributed by atoms with E-state index in [-0.39, 0.29) is 11.9 Å². The first-order valence-electron chi connectivity index (χ1n) is 6.05. The largest absolute Gasteiger partial charge is 0.352 e. The molecule has 0 aliphatic heterocycles. The van der Waals surface area contributed by atoms with Gasteiger partial charge in [0, 0.05) is 6.04 Å². The van der Waals surface area contributed by atoms with Crippen LogP contribution < -0.4 is 5.32 Å². The summed E-state index contributed by atoms with van der Waals surface area (Å²) in [6.07, 6.45) is 7.81. The fraction of sp³-hybridized carbons (Fsp3) is 0.917. The first-order chi connectivity index (χ1) is 7.11. The highest BCUT2D eigenvalue weighted by Crippen LogP contribution is 2.25. The summed E-state index contributed by atoms with van der Waals surface area (Å²) in [7, 11) is 0. The van der Waals surface area contributed by atoms with Crippen molar-refractivity contribution in [2.75, 3.05) is 0 Å². The number of rotatable bonds is 3. The van der Waals surface area contributed by atoms with Crippen LogP contribution in [0.25, 0.3) is 0 Å². The van der Waals surface area contributed by atoms with Crippen LogP contribution in [0.15, 0.2) is 0 Å². The molecule has 0 aromatic carbocycles. The summed E-state index contributed by atoms with van der Waals surface area (Å²) in [5.74, 6) is 0.611. The number of alkyl halides is 1. The van der Waals surface area contributed by atoms with Crippen LogP contribution in [0.2, 0.25) is 0 Å². The van der Waals surface area contributed by atoms with E-state index in [1.54, 1.807) is 6.92 Å². The Morgan fingerprint density at radius 2 is 1.73 bits per heavy atom. The SMILES string of the molecule is CC(Cl)C(=O)N[C@@H](C)C1CCCCCC1. The molecular weight excluding hydrogens is 210 g/mol. The number of amides is 1. The van der Waals surface area contributed by atoms with Gasteiger partial charge in [0.1, 0.15) is 5.38 Å². The molecule has 1 amide bonds. The van der Waals surface area contributed by atoms with Gasteiger partial charge in [-0.1, -0.05) is 25.7 Å². The van der Waals surface area contributed by atoms with Crippen LogP contribution in [0, 0.1) is 5.92 Å². The molecule has 0 saturated heterocycles.